The van der Waals surface area contributed by atoms with Gasteiger partial charge < -0.3 is 9.80 Å². The predicted octanol–water partition coefficient (Wildman–Crippen LogP) is 3.39. The van der Waals surface area contributed by atoms with Crippen LogP contribution in [0.4, 0.5) is 10.2 Å². The lowest BCUT2D eigenvalue weighted by Gasteiger charge is -2.36. The van der Waals surface area contributed by atoms with Gasteiger partial charge in [-0.05, 0) is 24.5 Å². The summed E-state index contributed by atoms with van der Waals surface area (Å²) in [6.07, 6.45) is 8.36. The van der Waals surface area contributed by atoms with Crippen molar-refractivity contribution in [2.24, 2.45) is 5.92 Å². The molecule has 0 N–H and O–H groups in total. The van der Waals surface area contributed by atoms with Crippen LogP contribution in [0.2, 0.25) is 0 Å². The summed E-state index contributed by atoms with van der Waals surface area (Å²) >= 11 is 0. The van der Waals surface area contributed by atoms with Crippen molar-refractivity contribution in [3.05, 3.63) is 30.3 Å². The number of carbonyl (C=O) groups is 1. The first-order valence-corrected chi connectivity index (χ1v) is 9.64. The van der Waals surface area contributed by atoms with Gasteiger partial charge in [0.2, 0.25) is 5.91 Å². The van der Waals surface area contributed by atoms with Crippen molar-refractivity contribution in [2.75, 3.05) is 31.1 Å². The zero-order chi connectivity index (χ0) is 17.9. The quantitative estimate of drug-likeness (QED) is 0.843. The lowest BCUT2D eigenvalue weighted by atomic mass is 10.0. The molecule has 1 aromatic heterocycles. The average molecular weight is 356 g/mol. The Kier molecular flexibility index (Phi) is 5.00. The maximum Gasteiger partial charge on any atom is 0.222 e. The molecule has 2 aliphatic rings. The van der Waals surface area contributed by atoms with Crippen molar-refractivity contribution < 1.29 is 9.18 Å². The molecule has 2 fully saturated rings. The average Bonchev–Trinajstić information content (AvgIpc) is 3.20. The second-order valence-electron chi connectivity index (χ2n) is 7.39. The molecule has 26 heavy (non-hydrogen) atoms. The maximum absolute atomic E-state index is 14.0. The molecule has 1 saturated carbocycles. The monoisotopic (exact) mass is 356 g/mol. The standard InChI is InChI=1S/C20H25FN4O/c21-17-7-3-6-16-19(17)22-14-23-20(16)25-12-10-24(11-13-25)18(26)9-8-15-4-1-2-5-15/h3,6-7,14-15H,1-2,4-5,8-13H2. The maximum atomic E-state index is 14.0. The molecule has 0 atom stereocenters. The van der Waals surface area contributed by atoms with Gasteiger partial charge >= 0.3 is 0 Å². The largest absolute Gasteiger partial charge is 0.352 e. The fourth-order valence-electron chi connectivity index (χ4n) is 4.24. The number of amides is 1. The molecule has 2 aromatic rings. The van der Waals surface area contributed by atoms with Crippen molar-refractivity contribution in [1.29, 1.82) is 0 Å². The van der Waals surface area contributed by atoms with Crippen molar-refractivity contribution in [1.82, 2.24) is 14.9 Å². The number of carbonyl (C=O) groups excluding carboxylic acids is 1. The Balaban J connectivity index is 1.38. The second-order valence-corrected chi connectivity index (χ2v) is 7.39. The number of hydrogen-bond donors (Lipinski definition) is 0. The zero-order valence-electron chi connectivity index (χ0n) is 15.0. The van der Waals surface area contributed by atoms with Gasteiger partial charge in [0.1, 0.15) is 23.5 Å². The van der Waals surface area contributed by atoms with E-state index < -0.39 is 0 Å². The first kappa shape index (κ1) is 17.2. The molecule has 138 valence electrons. The summed E-state index contributed by atoms with van der Waals surface area (Å²) in [7, 11) is 0. The van der Waals surface area contributed by atoms with E-state index in [1.165, 1.54) is 38.1 Å². The third-order valence-electron chi connectivity index (χ3n) is 5.77. The first-order valence-electron chi connectivity index (χ1n) is 9.64. The molecule has 1 aliphatic carbocycles. The van der Waals surface area contributed by atoms with Crippen LogP contribution in [0.15, 0.2) is 24.5 Å². The predicted molar refractivity (Wildman–Crippen MR) is 99.5 cm³/mol. The van der Waals surface area contributed by atoms with E-state index in [2.05, 4.69) is 14.9 Å². The highest BCUT2D eigenvalue weighted by Gasteiger charge is 2.24. The van der Waals surface area contributed by atoms with Crippen molar-refractivity contribution >= 4 is 22.6 Å². The van der Waals surface area contributed by atoms with Crippen LogP contribution in [-0.4, -0.2) is 47.0 Å². The van der Waals surface area contributed by atoms with Crippen molar-refractivity contribution in [2.45, 2.75) is 38.5 Å². The Bertz CT molecular complexity index is 782. The normalized spacial score (nSPS) is 18.7. The number of fused-ring (bicyclic) bond motifs is 1. The minimum Gasteiger partial charge on any atom is -0.352 e. The van der Waals surface area contributed by atoms with Gasteiger partial charge in [0.25, 0.3) is 0 Å². The Morgan fingerprint density at radius 2 is 1.88 bits per heavy atom. The number of aromatic nitrogens is 2. The van der Waals surface area contributed by atoms with Gasteiger partial charge in [-0.3, -0.25) is 4.79 Å². The highest BCUT2D eigenvalue weighted by Crippen LogP contribution is 2.29. The molecule has 0 bridgehead atoms. The summed E-state index contributed by atoms with van der Waals surface area (Å²) in [5, 5.41) is 0.730. The van der Waals surface area contributed by atoms with Gasteiger partial charge in [-0.15, -0.1) is 0 Å². The smallest absolute Gasteiger partial charge is 0.222 e. The van der Waals surface area contributed by atoms with Gasteiger partial charge in [-0.2, -0.15) is 0 Å². The van der Waals surface area contributed by atoms with Crippen LogP contribution in [0.3, 0.4) is 0 Å². The van der Waals surface area contributed by atoms with Gasteiger partial charge in [0.15, 0.2) is 0 Å². The zero-order valence-corrected chi connectivity index (χ0v) is 15.0. The lowest BCUT2D eigenvalue weighted by Crippen LogP contribution is -2.49. The number of hydrogen-bond acceptors (Lipinski definition) is 4. The summed E-state index contributed by atoms with van der Waals surface area (Å²) in [4.78, 5) is 25.0. The van der Waals surface area contributed by atoms with Crippen LogP contribution in [0.25, 0.3) is 10.9 Å². The van der Waals surface area contributed by atoms with Crippen LogP contribution >= 0.6 is 0 Å². The summed E-state index contributed by atoms with van der Waals surface area (Å²) in [5.74, 6) is 1.46. The van der Waals surface area contributed by atoms with Crippen LogP contribution in [-0.2, 0) is 4.79 Å². The summed E-state index contributed by atoms with van der Waals surface area (Å²) in [6.45, 7) is 2.84. The molecule has 6 heteroatoms. The number of benzene rings is 1. The highest BCUT2D eigenvalue weighted by atomic mass is 19.1. The second kappa shape index (κ2) is 7.56. The Labute approximate surface area is 153 Å². The van der Waals surface area contributed by atoms with Crippen LogP contribution in [0, 0.1) is 11.7 Å². The minimum atomic E-state index is -0.327. The molecule has 1 aromatic carbocycles. The van der Waals surface area contributed by atoms with E-state index >= 15 is 0 Å². The fourth-order valence-corrected chi connectivity index (χ4v) is 4.24. The van der Waals surface area contributed by atoms with Crippen molar-refractivity contribution in [3.63, 3.8) is 0 Å². The number of piperazine rings is 1. The summed E-state index contributed by atoms with van der Waals surface area (Å²) in [5.41, 5.74) is 0.354. The molecule has 2 heterocycles. The van der Waals surface area contributed by atoms with E-state index in [4.69, 9.17) is 0 Å². The lowest BCUT2D eigenvalue weighted by molar-refractivity contribution is -0.131. The summed E-state index contributed by atoms with van der Waals surface area (Å²) in [6, 6.07) is 4.96. The molecule has 0 spiro atoms. The Morgan fingerprint density at radius 3 is 2.65 bits per heavy atom. The third kappa shape index (κ3) is 3.50. The number of halogens is 1. The first-order chi connectivity index (χ1) is 12.7. The van der Waals surface area contributed by atoms with Crippen molar-refractivity contribution in [3.8, 4) is 0 Å². The molecule has 1 saturated heterocycles. The number of rotatable bonds is 4. The summed E-state index contributed by atoms with van der Waals surface area (Å²) < 4.78 is 14.0. The van der Waals surface area contributed by atoms with E-state index in [1.807, 2.05) is 11.0 Å². The van der Waals surface area contributed by atoms with Crippen LogP contribution < -0.4 is 4.90 Å². The third-order valence-corrected chi connectivity index (χ3v) is 5.77. The molecule has 0 unspecified atom stereocenters. The number of anilines is 1. The van der Waals surface area contributed by atoms with Gasteiger partial charge in [0.05, 0.1) is 0 Å². The topological polar surface area (TPSA) is 49.3 Å². The molecule has 1 aliphatic heterocycles. The van der Waals surface area contributed by atoms with E-state index in [0.717, 1.165) is 36.6 Å². The molecule has 0 radical (unpaired) electrons. The fraction of sp³-hybridized carbons (Fsp3) is 0.550. The number of para-hydroxylation sites is 1. The Morgan fingerprint density at radius 1 is 1.12 bits per heavy atom. The van der Waals surface area contributed by atoms with Crippen LogP contribution in [0.5, 0.6) is 0 Å². The highest BCUT2D eigenvalue weighted by molar-refractivity contribution is 5.89. The number of nitrogens with zero attached hydrogens (tertiary/aromatic N) is 4. The minimum absolute atomic E-state index is 0.273. The van der Waals surface area contributed by atoms with E-state index in [0.29, 0.717) is 25.0 Å². The van der Waals surface area contributed by atoms with E-state index in [-0.39, 0.29) is 11.7 Å². The van der Waals surface area contributed by atoms with E-state index in [9.17, 15) is 9.18 Å². The molecule has 1 amide bonds. The molecular weight excluding hydrogens is 331 g/mol. The Hall–Kier alpha value is -2.24. The van der Waals surface area contributed by atoms with Gasteiger partial charge in [-0.25, -0.2) is 14.4 Å². The molecule has 4 rings (SSSR count). The van der Waals surface area contributed by atoms with Gasteiger partial charge in [0, 0.05) is 38.0 Å². The SMILES string of the molecule is O=C(CCC1CCCC1)N1CCN(c2ncnc3c(F)cccc23)CC1. The molecular formula is C20H25FN4O. The van der Waals surface area contributed by atoms with Gasteiger partial charge in [-0.1, -0.05) is 31.7 Å². The van der Waals surface area contributed by atoms with Crippen LogP contribution in [0.1, 0.15) is 38.5 Å². The molecule has 5 nitrogen and oxygen atoms in total. The van der Waals surface area contributed by atoms with E-state index in [1.54, 1.807) is 6.07 Å².